The van der Waals surface area contributed by atoms with Crippen LogP contribution in [0.4, 0.5) is 0 Å². The molecule has 0 aliphatic rings. The molecular weight excluding hydrogens is 262 g/mol. The summed E-state index contributed by atoms with van der Waals surface area (Å²) in [4.78, 5) is 23.2. The highest BCUT2D eigenvalue weighted by molar-refractivity contribution is 5.73. The molecule has 0 radical (unpaired) electrons. The van der Waals surface area contributed by atoms with Gasteiger partial charge in [-0.25, -0.2) is 4.79 Å². The van der Waals surface area contributed by atoms with E-state index in [-0.39, 0.29) is 25.5 Å². The van der Waals surface area contributed by atoms with E-state index in [0.717, 1.165) is 0 Å². The molecule has 0 amide bonds. The third kappa shape index (κ3) is 3.48. The van der Waals surface area contributed by atoms with Gasteiger partial charge in [-0.2, -0.15) is 0 Å². The fourth-order valence-electron chi connectivity index (χ4n) is 1.86. The number of aryl methyl sites for hydroxylation is 1. The molecule has 0 aliphatic carbocycles. The van der Waals surface area contributed by atoms with Crippen LogP contribution in [0, 0.1) is 0 Å². The highest BCUT2D eigenvalue weighted by Crippen LogP contribution is 2.12. The Morgan fingerprint density at radius 1 is 1.30 bits per heavy atom. The molecule has 2 rings (SSSR count). The first kappa shape index (κ1) is 14.3. The minimum atomic E-state index is -0.465. The lowest BCUT2D eigenvalue weighted by Crippen LogP contribution is -2.18. The predicted molar refractivity (Wildman–Crippen MR) is 72.5 cm³/mol. The number of aromatic nitrogens is 1. The van der Waals surface area contributed by atoms with Crippen molar-refractivity contribution in [2.24, 2.45) is 0 Å². The van der Waals surface area contributed by atoms with Gasteiger partial charge in [0.1, 0.15) is 6.61 Å². The molecule has 0 saturated heterocycles. The van der Waals surface area contributed by atoms with E-state index in [1.54, 1.807) is 18.2 Å². The number of hydrogen-bond donors (Lipinski definition) is 0. The number of nitrogens with zero attached hydrogens (tertiary/aromatic N) is 1. The summed E-state index contributed by atoms with van der Waals surface area (Å²) in [6.45, 7) is 3.32. The zero-order valence-corrected chi connectivity index (χ0v) is 11.3. The quantitative estimate of drug-likeness (QED) is 0.568. The average molecular weight is 279 g/mol. The highest BCUT2D eigenvalue weighted by atomic mass is 16.6. The van der Waals surface area contributed by atoms with Crippen molar-refractivity contribution in [3.63, 3.8) is 0 Å². The number of esters is 1. The fraction of sp³-hybridized carbons (Fsp3) is 0.429. The first-order valence-corrected chi connectivity index (χ1v) is 6.54. The monoisotopic (exact) mass is 279 g/mol. The van der Waals surface area contributed by atoms with Crippen molar-refractivity contribution in [2.45, 2.75) is 19.9 Å². The van der Waals surface area contributed by atoms with Gasteiger partial charge >= 0.3 is 11.7 Å². The minimum Gasteiger partial charge on any atom is -0.463 e. The number of oxazole rings is 1. The van der Waals surface area contributed by atoms with E-state index in [9.17, 15) is 9.59 Å². The van der Waals surface area contributed by atoms with Crippen molar-refractivity contribution in [2.75, 3.05) is 19.8 Å². The minimum absolute atomic E-state index is 0.121. The predicted octanol–water partition coefficient (Wildman–Crippen LogP) is 1.56. The molecule has 2 aromatic rings. The first-order valence-electron chi connectivity index (χ1n) is 6.54. The second kappa shape index (κ2) is 6.91. The normalized spacial score (nSPS) is 10.8. The van der Waals surface area contributed by atoms with E-state index in [2.05, 4.69) is 0 Å². The summed E-state index contributed by atoms with van der Waals surface area (Å²) in [5, 5.41) is 0. The smallest absolute Gasteiger partial charge is 0.419 e. The molecule has 0 spiro atoms. The average Bonchev–Trinajstić information content (AvgIpc) is 2.77. The van der Waals surface area contributed by atoms with Crippen molar-refractivity contribution >= 4 is 17.1 Å². The molecule has 1 aromatic heterocycles. The van der Waals surface area contributed by atoms with Gasteiger partial charge in [0, 0.05) is 13.2 Å². The molecule has 0 unspecified atom stereocenters. The molecule has 6 nitrogen and oxygen atoms in total. The van der Waals surface area contributed by atoms with Gasteiger partial charge in [0.2, 0.25) is 0 Å². The molecule has 0 aliphatic heterocycles. The first-order chi connectivity index (χ1) is 9.72. The summed E-state index contributed by atoms with van der Waals surface area (Å²) in [5.41, 5.74) is 1.20. The second-order valence-corrected chi connectivity index (χ2v) is 4.15. The van der Waals surface area contributed by atoms with E-state index < -0.39 is 5.76 Å². The molecular formula is C14H17NO5. The largest absolute Gasteiger partial charge is 0.463 e. The van der Waals surface area contributed by atoms with Crippen LogP contribution in [0.25, 0.3) is 11.1 Å². The van der Waals surface area contributed by atoms with E-state index in [1.807, 2.05) is 13.0 Å². The number of hydrogen-bond acceptors (Lipinski definition) is 5. The molecule has 20 heavy (non-hydrogen) atoms. The van der Waals surface area contributed by atoms with Crippen LogP contribution in [0.1, 0.15) is 13.3 Å². The van der Waals surface area contributed by atoms with E-state index in [4.69, 9.17) is 13.9 Å². The summed E-state index contributed by atoms with van der Waals surface area (Å²) >= 11 is 0. The van der Waals surface area contributed by atoms with Crippen LogP contribution in [-0.2, 0) is 20.8 Å². The Labute approximate surface area is 115 Å². The van der Waals surface area contributed by atoms with Gasteiger partial charge in [-0.05, 0) is 19.1 Å². The number of ether oxygens (including phenoxy) is 2. The Hall–Kier alpha value is -2.08. The zero-order valence-electron chi connectivity index (χ0n) is 11.3. The number of carbonyl (C=O) groups is 1. The molecule has 0 N–H and O–H groups in total. The van der Waals surface area contributed by atoms with Gasteiger partial charge in [-0.1, -0.05) is 12.1 Å². The van der Waals surface area contributed by atoms with E-state index in [1.165, 1.54) is 4.57 Å². The molecule has 0 bridgehead atoms. The lowest BCUT2D eigenvalue weighted by Gasteiger charge is -2.05. The van der Waals surface area contributed by atoms with Crippen molar-refractivity contribution < 1.29 is 18.7 Å². The molecule has 0 saturated carbocycles. The summed E-state index contributed by atoms with van der Waals surface area (Å²) < 4.78 is 16.6. The van der Waals surface area contributed by atoms with Crippen molar-refractivity contribution in [1.29, 1.82) is 0 Å². The Bertz CT molecular complexity index is 628. The second-order valence-electron chi connectivity index (χ2n) is 4.15. The van der Waals surface area contributed by atoms with Crippen molar-refractivity contribution in [3.8, 4) is 0 Å². The van der Waals surface area contributed by atoms with Gasteiger partial charge in [0.15, 0.2) is 5.58 Å². The lowest BCUT2D eigenvalue weighted by atomic mass is 10.3. The van der Waals surface area contributed by atoms with E-state index >= 15 is 0 Å². The Kier molecular flexibility index (Phi) is 4.95. The van der Waals surface area contributed by atoms with Crippen LogP contribution in [-0.4, -0.2) is 30.4 Å². The van der Waals surface area contributed by atoms with Gasteiger partial charge in [-0.3, -0.25) is 9.36 Å². The summed E-state index contributed by atoms with van der Waals surface area (Å²) in [5.74, 6) is -0.824. The SMILES string of the molecule is CCOCCOC(=O)CCn1c(=O)oc2ccccc21. The Morgan fingerprint density at radius 2 is 2.10 bits per heavy atom. The summed E-state index contributed by atoms with van der Waals surface area (Å²) in [7, 11) is 0. The third-order valence-electron chi connectivity index (χ3n) is 2.81. The number of carbonyl (C=O) groups excluding carboxylic acids is 1. The molecule has 1 heterocycles. The number of para-hydroxylation sites is 2. The van der Waals surface area contributed by atoms with Crippen molar-refractivity contribution in [3.05, 3.63) is 34.8 Å². The molecule has 108 valence electrons. The van der Waals surface area contributed by atoms with Crippen LogP contribution < -0.4 is 5.76 Å². The molecule has 0 atom stereocenters. The van der Waals surface area contributed by atoms with E-state index in [0.29, 0.717) is 24.3 Å². The fourth-order valence-corrected chi connectivity index (χ4v) is 1.86. The van der Waals surface area contributed by atoms with Crippen LogP contribution >= 0.6 is 0 Å². The Morgan fingerprint density at radius 3 is 2.90 bits per heavy atom. The van der Waals surface area contributed by atoms with Crippen LogP contribution in [0.2, 0.25) is 0 Å². The number of benzene rings is 1. The molecule has 0 fully saturated rings. The van der Waals surface area contributed by atoms with Crippen molar-refractivity contribution in [1.82, 2.24) is 4.57 Å². The van der Waals surface area contributed by atoms with Crippen LogP contribution in [0.15, 0.2) is 33.5 Å². The molecule has 1 aromatic carbocycles. The number of fused-ring (bicyclic) bond motifs is 1. The van der Waals surface area contributed by atoms with Gasteiger partial charge in [0.25, 0.3) is 0 Å². The maximum atomic E-state index is 11.7. The number of rotatable bonds is 7. The van der Waals surface area contributed by atoms with Gasteiger partial charge in [0.05, 0.1) is 18.5 Å². The third-order valence-corrected chi connectivity index (χ3v) is 2.81. The summed E-state index contributed by atoms with van der Waals surface area (Å²) in [6.07, 6.45) is 0.121. The summed E-state index contributed by atoms with van der Waals surface area (Å²) in [6, 6.07) is 7.10. The highest BCUT2D eigenvalue weighted by Gasteiger charge is 2.10. The maximum Gasteiger partial charge on any atom is 0.419 e. The standard InChI is InChI=1S/C14H17NO5/c1-2-18-9-10-19-13(16)7-8-15-11-5-3-4-6-12(11)20-14(15)17/h3-6H,2,7-10H2,1H3. The van der Waals surface area contributed by atoms with Gasteiger partial charge in [-0.15, -0.1) is 0 Å². The molecule has 6 heteroatoms. The van der Waals surface area contributed by atoms with Crippen LogP contribution in [0.5, 0.6) is 0 Å². The van der Waals surface area contributed by atoms with Crippen LogP contribution in [0.3, 0.4) is 0 Å². The lowest BCUT2D eigenvalue weighted by molar-refractivity contribution is -0.145. The zero-order chi connectivity index (χ0) is 14.4. The Balaban J connectivity index is 1.91. The maximum absolute atomic E-state index is 11.7. The van der Waals surface area contributed by atoms with Gasteiger partial charge < -0.3 is 13.9 Å². The topological polar surface area (TPSA) is 70.7 Å².